The molecular weight excluding hydrogens is 338 g/mol. The van der Waals surface area contributed by atoms with Gasteiger partial charge >= 0.3 is 0 Å². The number of nitrogens with one attached hydrogen (secondary N) is 2. The average molecular weight is 363 g/mol. The molecule has 0 saturated heterocycles. The van der Waals surface area contributed by atoms with Gasteiger partial charge in [-0.05, 0) is 36.6 Å². The monoisotopic (exact) mass is 363 g/mol. The topological polar surface area (TPSA) is 66.0 Å². The normalized spacial score (nSPS) is 20.4. The van der Waals surface area contributed by atoms with Crippen molar-refractivity contribution in [3.05, 3.63) is 54.0 Å². The van der Waals surface area contributed by atoms with Crippen LogP contribution in [0.15, 0.2) is 42.7 Å². The van der Waals surface area contributed by atoms with Crippen molar-refractivity contribution in [3.8, 4) is 0 Å². The van der Waals surface area contributed by atoms with Crippen LogP contribution in [0.25, 0.3) is 10.9 Å². The molecule has 1 atom stereocenters. The molecule has 6 heteroatoms. The van der Waals surface area contributed by atoms with Crippen molar-refractivity contribution in [1.29, 1.82) is 0 Å². The molecule has 0 bridgehead atoms. The molecule has 1 aliphatic heterocycles. The molecule has 1 aliphatic carbocycles. The van der Waals surface area contributed by atoms with E-state index in [2.05, 4.69) is 55.3 Å². The van der Waals surface area contributed by atoms with Crippen LogP contribution in [0.3, 0.4) is 0 Å². The highest BCUT2D eigenvalue weighted by molar-refractivity contribution is 5.82. The zero-order valence-electron chi connectivity index (χ0n) is 15.4. The number of carbonyl (C=O) groups excluding carboxylic acids is 1. The number of hydrogen-bond acceptors (Lipinski definition) is 3. The predicted octanol–water partition coefficient (Wildman–Crippen LogP) is 2.52. The smallest absolute Gasteiger partial charge is 0.223 e. The van der Waals surface area contributed by atoms with Crippen molar-refractivity contribution < 1.29 is 4.79 Å². The summed E-state index contributed by atoms with van der Waals surface area (Å²) in [5.41, 5.74) is 3.76. The third-order valence-corrected chi connectivity index (χ3v) is 5.73. The Morgan fingerprint density at radius 2 is 2.15 bits per heavy atom. The molecule has 5 rings (SSSR count). The van der Waals surface area contributed by atoms with Crippen LogP contribution in [-0.2, 0) is 24.4 Å². The lowest BCUT2D eigenvalue weighted by molar-refractivity contribution is -0.122. The number of amides is 1. The number of aromatic nitrogens is 3. The van der Waals surface area contributed by atoms with Crippen molar-refractivity contribution in [2.75, 3.05) is 13.1 Å². The van der Waals surface area contributed by atoms with Crippen molar-refractivity contribution >= 4 is 16.8 Å². The van der Waals surface area contributed by atoms with E-state index in [1.807, 2.05) is 12.4 Å². The van der Waals surface area contributed by atoms with Gasteiger partial charge in [-0.1, -0.05) is 12.1 Å². The van der Waals surface area contributed by atoms with Crippen LogP contribution in [0.2, 0.25) is 0 Å². The molecule has 1 amide bonds. The maximum absolute atomic E-state index is 12.1. The van der Waals surface area contributed by atoms with Crippen molar-refractivity contribution in [3.63, 3.8) is 0 Å². The largest absolute Gasteiger partial charge is 0.361 e. The standard InChI is InChI=1S/C21H25N5O/c27-21(16-4-5-16)23-10-15-11-25(14-18-6-9-24-26(18)12-15)13-17-2-1-3-20-19(17)7-8-22-20/h1-3,6-9,15-16,22H,4-5,10-14H2,(H,23,27)/t15-/m0/s1. The SMILES string of the molecule is O=C(NC[C@H]1CN(Cc2cccc3[nH]ccc23)Cc2ccnn2C1)C1CC1. The molecule has 1 fully saturated rings. The Labute approximate surface area is 158 Å². The number of nitrogens with zero attached hydrogens (tertiary/aromatic N) is 3. The highest BCUT2D eigenvalue weighted by Gasteiger charge is 2.30. The van der Waals surface area contributed by atoms with Gasteiger partial charge in [0.25, 0.3) is 0 Å². The molecule has 3 aromatic rings. The molecule has 3 heterocycles. The van der Waals surface area contributed by atoms with Crippen molar-refractivity contribution in [1.82, 2.24) is 25.0 Å². The lowest BCUT2D eigenvalue weighted by atomic mass is 10.1. The summed E-state index contributed by atoms with van der Waals surface area (Å²) in [5.74, 6) is 0.848. The summed E-state index contributed by atoms with van der Waals surface area (Å²) in [6.45, 7) is 4.31. The minimum Gasteiger partial charge on any atom is -0.361 e. The third kappa shape index (κ3) is 3.49. The molecule has 0 unspecified atom stereocenters. The lowest BCUT2D eigenvalue weighted by Gasteiger charge is -2.24. The molecule has 2 aliphatic rings. The summed E-state index contributed by atoms with van der Waals surface area (Å²) in [4.78, 5) is 17.8. The first-order valence-corrected chi connectivity index (χ1v) is 9.82. The fourth-order valence-electron chi connectivity index (χ4n) is 4.13. The number of rotatable bonds is 5. The Bertz CT molecular complexity index is 954. The summed E-state index contributed by atoms with van der Waals surface area (Å²) in [6, 6.07) is 10.7. The van der Waals surface area contributed by atoms with Crippen molar-refractivity contribution in [2.45, 2.75) is 32.5 Å². The zero-order chi connectivity index (χ0) is 18.2. The van der Waals surface area contributed by atoms with Gasteiger partial charge in [-0.2, -0.15) is 5.10 Å². The van der Waals surface area contributed by atoms with E-state index in [-0.39, 0.29) is 11.8 Å². The van der Waals surface area contributed by atoms with Crippen LogP contribution in [0.5, 0.6) is 0 Å². The predicted molar refractivity (Wildman–Crippen MR) is 104 cm³/mol. The summed E-state index contributed by atoms with van der Waals surface area (Å²) in [5, 5.41) is 8.95. The van der Waals surface area contributed by atoms with Crippen LogP contribution in [-0.4, -0.2) is 38.7 Å². The number of aromatic amines is 1. The summed E-state index contributed by atoms with van der Waals surface area (Å²) in [7, 11) is 0. The minimum atomic E-state index is 0.226. The van der Waals surface area contributed by atoms with Crippen LogP contribution >= 0.6 is 0 Å². The van der Waals surface area contributed by atoms with E-state index < -0.39 is 0 Å². The van der Waals surface area contributed by atoms with Gasteiger partial charge in [0.1, 0.15) is 0 Å². The first-order chi connectivity index (χ1) is 13.3. The number of benzene rings is 1. The van der Waals surface area contributed by atoms with Gasteiger partial charge in [0, 0.05) is 67.9 Å². The van der Waals surface area contributed by atoms with E-state index in [0.29, 0.717) is 5.92 Å². The van der Waals surface area contributed by atoms with E-state index in [4.69, 9.17) is 0 Å². The Hall–Kier alpha value is -2.60. The second-order valence-electron chi connectivity index (χ2n) is 7.92. The van der Waals surface area contributed by atoms with Gasteiger partial charge in [0.2, 0.25) is 5.91 Å². The van der Waals surface area contributed by atoms with Gasteiger partial charge in [0.05, 0.1) is 5.69 Å². The number of H-pyrrole nitrogens is 1. The molecule has 1 aromatic carbocycles. The van der Waals surface area contributed by atoms with E-state index in [0.717, 1.165) is 45.6 Å². The molecule has 0 spiro atoms. The average Bonchev–Trinajstić information content (AvgIpc) is 3.30. The van der Waals surface area contributed by atoms with Crippen LogP contribution < -0.4 is 5.32 Å². The fraction of sp³-hybridized carbons (Fsp3) is 0.429. The van der Waals surface area contributed by atoms with Crippen LogP contribution in [0.1, 0.15) is 24.1 Å². The van der Waals surface area contributed by atoms with E-state index >= 15 is 0 Å². The number of hydrogen-bond donors (Lipinski definition) is 2. The minimum absolute atomic E-state index is 0.226. The second kappa shape index (κ2) is 6.85. The summed E-state index contributed by atoms with van der Waals surface area (Å²) in [6.07, 6.45) is 5.98. The molecular formula is C21H25N5O. The Balaban J connectivity index is 1.34. The molecule has 2 N–H and O–H groups in total. The second-order valence-corrected chi connectivity index (χ2v) is 7.92. The number of fused-ring (bicyclic) bond motifs is 2. The van der Waals surface area contributed by atoms with Gasteiger partial charge in [-0.3, -0.25) is 14.4 Å². The first kappa shape index (κ1) is 16.6. The molecule has 6 nitrogen and oxygen atoms in total. The Kier molecular flexibility index (Phi) is 4.20. The van der Waals surface area contributed by atoms with Crippen molar-refractivity contribution in [2.24, 2.45) is 11.8 Å². The quantitative estimate of drug-likeness (QED) is 0.732. The van der Waals surface area contributed by atoms with E-state index in [1.165, 1.54) is 22.2 Å². The first-order valence-electron chi connectivity index (χ1n) is 9.82. The Morgan fingerprint density at radius 1 is 1.22 bits per heavy atom. The Morgan fingerprint density at radius 3 is 3.04 bits per heavy atom. The van der Waals surface area contributed by atoms with Crippen LogP contribution in [0, 0.1) is 11.8 Å². The van der Waals surface area contributed by atoms with Gasteiger partial charge < -0.3 is 10.3 Å². The lowest BCUT2D eigenvalue weighted by Crippen LogP contribution is -2.37. The van der Waals surface area contributed by atoms with E-state index in [9.17, 15) is 4.79 Å². The molecule has 1 saturated carbocycles. The molecule has 0 radical (unpaired) electrons. The third-order valence-electron chi connectivity index (χ3n) is 5.73. The van der Waals surface area contributed by atoms with E-state index in [1.54, 1.807) is 0 Å². The maximum atomic E-state index is 12.1. The maximum Gasteiger partial charge on any atom is 0.223 e. The van der Waals surface area contributed by atoms with Gasteiger partial charge in [-0.25, -0.2) is 0 Å². The zero-order valence-corrected chi connectivity index (χ0v) is 15.4. The summed E-state index contributed by atoms with van der Waals surface area (Å²) >= 11 is 0. The van der Waals surface area contributed by atoms with Gasteiger partial charge in [-0.15, -0.1) is 0 Å². The molecule has 27 heavy (non-hydrogen) atoms. The fourth-order valence-corrected chi connectivity index (χ4v) is 4.13. The highest BCUT2D eigenvalue weighted by Crippen LogP contribution is 2.29. The highest BCUT2D eigenvalue weighted by atomic mass is 16.2. The number of carbonyl (C=O) groups is 1. The van der Waals surface area contributed by atoms with Crippen LogP contribution in [0.4, 0.5) is 0 Å². The molecule has 2 aromatic heterocycles. The van der Waals surface area contributed by atoms with Gasteiger partial charge in [0.15, 0.2) is 0 Å². The molecule has 140 valence electrons. The summed E-state index contributed by atoms with van der Waals surface area (Å²) < 4.78 is 2.10.